The van der Waals surface area contributed by atoms with Crippen molar-refractivity contribution in [2.45, 2.75) is 8.13 Å². The fourth-order valence-corrected chi connectivity index (χ4v) is 3.30. The second-order valence-electron chi connectivity index (χ2n) is 3.02. The first kappa shape index (κ1) is 18.2. The van der Waals surface area contributed by atoms with Gasteiger partial charge in [0, 0.05) is 5.56 Å². The van der Waals surface area contributed by atoms with Crippen LogP contribution in [0, 0.1) is 0 Å². The van der Waals surface area contributed by atoms with Crippen molar-refractivity contribution in [2.24, 2.45) is 0 Å². The fraction of sp³-hybridized carbons (Fsp3) is 0.250. The van der Waals surface area contributed by atoms with E-state index < -0.39 is 8.13 Å². The summed E-state index contributed by atoms with van der Waals surface area (Å²) in [5, 5.41) is -0.532. The summed E-state index contributed by atoms with van der Waals surface area (Å²) in [6.07, 6.45) is 0. The van der Waals surface area contributed by atoms with Gasteiger partial charge >= 0.3 is 0 Å². The Morgan fingerprint density at radius 1 is 0.500 bits per heavy atom. The molecule has 18 heavy (non-hydrogen) atoms. The third kappa shape index (κ3) is 3.14. The first-order valence-corrected chi connectivity index (χ1v) is 7.67. The monoisotopic (exact) mass is 446 g/mol. The lowest BCUT2D eigenvalue weighted by molar-refractivity contribution is 0.878. The molecule has 1 aromatic carbocycles. The largest absolute Gasteiger partial charge is 0.227 e. The van der Waals surface area contributed by atoms with E-state index >= 15 is 0 Å². The van der Waals surface area contributed by atoms with Crippen LogP contribution >= 0.6 is 116 Å². The summed E-state index contributed by atoms with van der Waals surface area (Å²) in [6.45, 7) is 0. The van der Waals surface area contributed by atoms with Crippen molar-refractivity contribution >= 4 is 116 Å². The van der Waals surface area contributed by atoms with E-state index in [2.05, 4.69) is 0 Å². The average molecular weight is 451 g/mol. The number of halogens is 10. The minimum absolute atomic E-state index is 0.0504. The van der Waals surface area contributed by atoms with E-state index in [1.165, 1.54) is 0 Å². The van der Waals surface area contributed by atoms with Gasteiger partial charge in [-0.2, -0.15) is 0 Å². The zero-order valence-electron chi connectivity index (χ0n) is 7.78. The van der Waals surface area contributed by atoms with E-state index in [0.29, 0.717) is 0 Å². The summed E-state index contributed by atoms with van der Waals surface area (Å²) in [4.78, 5) is 0. The second kappa shape index (κ2) is 6.08. The maximum atomic E-state index is 5.98. The van der Waals surface area contributed by atoms with E-state index in [4.69, 9.17) is 116 Å². The molecule has 0 unspecified atom stereocenters. The Morgan fingerprint density at radius 3 is 1.06 bits per heavy atom. The molecule has 0 heterocycles. The van der Waals surface area contributed by atoms with Gasteiger partial charge in [-0.3, -0.25) is 0 Å². The highest BCUT2D eigenvalue weighted by Crippen LogP contribution is 2.59. The molecule has 0 saturated carbocycles. The first-order chi connectivity index (χ1) is 7.93. The van der Waals surface area contributed by atoms with Gasteiger partial charge in [0.25, 0.3) is 0 Å². The van der Waals surface area contributed by atoms with Crippen molar-refractivity contribution in [3.8, 4) is 0 Å². The Morgan fingerprint density at radius 2 is 0.778 bits per heavy atom. The highest BCUT2D eigenvalue weighted by atomic mass is 35.6. The van der Waals surface area contributed by atoms with Crippen LogP contribution in [0.5, 0.6) is 0 Å². The van der Waals surface area contributed by atoms with Crippen molar-refractivity contribution in [1.82, 2.24) is 0 Å². The predicted molar refractivity (Wildman–Crippen MR) is 85.2 cm³/mol. The van der Waals surface area contributed by atoms with Gasteiger partial charge in [-0.25, -0.2) is 0 Å². The standard InChI is InChI=1S/C8Cl10/c9-2-1(7(14,15)8(16,17)18)3(10)5(12)6(13)4(2)11. The van der Waals surface area contributed by atoms with Crippen LogP contribution < -0.4 is 0 Å². The summed E-state index contributed by atoms with van der Waals surface area (Å²) < 4.78 is -4.19. The molecule has 1 rings (SSSR count). The van der Waals surface area contributed by atoms with Crippen LogP contribution in [0.4, 0.5) is 0 Å². The maximum Gasteiger partial charge on any atom is 0.227 e. The van der Waals surface area contributed by atoms with Crippen LogP contribution in [0.3, 0.4) is 0 Å². The Hall–Kier alpha value is 2.12. The zero-order chi connectivity index (χ0) is 14.5. The molecule has 0 aromatic heterocycles. The number of benzene rings is 1. The summed E-state index contributed by atoms with van der Waals surface area (Å²) in [6, 6.07) is 0. The molecule has 1 aromatic rings. The number of hydrogen-bond acceptors (Lipinski definition) is 0. The smallest absolute Gasteiger partial charge is 0.0914 e. The third-order valence-corrected chi connectivity index (χ3v) is 6.53. The quantitative estimate of drug-likeness (QED) is 0.231. The number of alkyl halides is 5. The second-order valence-corrected chi connectivity index (χ2v) is 8.52. The van der Waals surface area contributed by atoms with Crippen molar-refractivity contribution < 1.29 is 0 Å². The first-order valence-electron chi connectivity index (χ1n) is 3.89. The summed E-state index contributed by atoms with van der Waals surface area (Å²) >= 11 is 58.5. The Labute approximate surface area is 153 Å². The summed E-state index contributed by atoms with van der Waals surface area (Å²) in [7, 11) is 0. The van der Waals surface area contributed by atoms with Crippen molar-refractivity contribution in [3.05, 3.63) is 30.7 Å². The van der Waals surface area contributed by atoms with Crippen molar-refractivity contribution in [2.75, 3.05) is 0 Å². The lowest BCUT2D eigenvalue weighted by Crippen LogP contribution is -2.29. The molecule has 0 aliphatic carbocycles. The molecule has 0 N–H and O–H groups in total. The minimum atomic E-state index is -2.12. The van der Waals surface area contributed by atoms with E-state index in [0.717, 1.165) is 0 Å². The summed E-state index contributed by atoms with van der Waals surface area (Å²) in [5.41, 5.74) is -0.131. The third-order valence-electron chi connectivity index (χ3n) is 1.88. The lowest BCUT2D eigenvalue weighted by atomic mass is 10.1. The van der Waals surface area contributed by atoms with Crippen LogP contribution in [0.1, 0.15) is 5.56 Å². The molecule has 10 heteroatoms. The van der Waals surface area contributed by atoms with Gasteiger partial charge in [-0.1, -0.05) is 116 Å². The molecule has 102 valence electrons. The lowest BCUT2D eigenvalue weighted by Gasteiger charge is -2.30. The predicted octanol–water partition coefficient (Wildman–Crippen LogP) is 7.95. The molecule has 0 aliphatic rings. The van der Waals surface area contributed by atoms with Crippen LogP contribution in [-0.2, 0) is 4.33 Å². The van der Waals surface area contributed by atoms with Gasteiger partial charge in [0.15, 0.2) is 4.33 Å². The zero-order valence-corrected chi connectivity index (χ0v) is 15.3. The highest BCUT2D eigenvalue weighted by molar-refractivity contribution is 6.75. The molecule has 0 fully saturated rings. The molecule has 0 nitrogen and oxygen atoms in total. The maximum absolute atomic E-state index is 5.98. The van der Waals surface area contributed by atoms with Gasteiger partial charge in [0.05, 0.1) is 25.1 Å². The topological polar surface area (TPSA) is 0 Å². The van der Waals surface area contributed by atoms with Crippen LogP contribution in [0.25, 0.3) is 0 Å². The van der Waals surface area contributed by atoms with E-state index in [-0.39, 0.29) is 30.7 Å². The molecule has 0 bridgehead atoms. The molecule has 0 spiro atoms. The summed E-state index contributed by atoms with van der Waals surface area (Å²) in [5.74, 6) is 0. The molecule has 0 aliphatic heterocycles. The van der Waals surface area contributed by atoms with E-state index in [1.807, 2.05) is 0 Å². The van der Waals surface area contributed by atoms with Gasteiger partial charge < -0.3 is 0 Å². The van der Waals surface area contributed by atoms with Crippen LogP contribution in [0.15, 0.2) is 0 Å². The highest BCUT2D eigenvalue weighted by Gasteiger charge is 2.50. The number of rotatable bonds is 1. The molecule has 0 atom stereocenters. The van der Waals surface area contributed by atoms with E-state index in [1.54, 1.807) is 0 Å². The Balaban J connectivity index is 3.72. The van der Waals surface area contributed by atoms with Crippen molar-refractivity contribution in [1.29, 1.82) is 0 Å². The van der Waals surface area contributed by atoms with E-state index in [9.17, 15) is 0 Å². The van der Waals surface area contributed by atoms with Gasteiger partial charge in [-0.15, -0.1) is 0 Å². The average Bonchev–Trinajstić information content (AvgIpc) is 2.22. The molecule has 0 radical (unpaired) electrons. The molecular formula is C8Cl10. The van der Waals surface area contributed by atoms with Crippen LogP contribution in [0.2, 0.25) is 25.1 Å². The SMILES string of the molecule is Clc1c(Cl)c(Cl)c(C(Cl)(Cl)C(Cl)(Cl)Cl)c(Cl)c1Cl. The molecule has 0 saturated heterocycles. The van der Waals surface area contributed by atoms with Gasteiger partial charge in [0.1, 0.15) is 0 Å². The van der Waals surface area contributed by atoms with Gasteiger partial charge in [-0.05, 0) is 0 Å². The van der Waals surface area contributed by atoms with Crippen molar-refractivity contribution in [3.63, 3.8) is 0 Å². The normalized spacial score (nSPS) is 13.0. The number of hydrogen-bond donors (Lipinski definition) is 0. The Bertz CT molecular complexity index is 457. The fourth-order valence-electron chi connectivity index (χ4n) is 1.02. The molecular weight excluding hydrogens is 451 g/mol. The van der Waals surface area contributed by atoms with Gasteiger partial charge in [0.2, 0.25) is 3.79 Å². The Kier molecular flexibility index (Phi) is 6.14. The minimum Gasteiger partial charge on any atom is -0.0914 e. The van der Waals surface area contributed by atoms with Crippen LogP contribution in [-0.4, -0.2) is 3.79 Å². The molecule has 0 amide bonds.